The topological polar surface area (TPSA) is 91.0 Å². The standard InChI is InChI=1S/C25H27Cl2N5O2S/c1-2-32(21(33)15-35-24-28-16-29-31-24)25(13-5-6-14-25)23(34)30-22(17-9-11-18(26)12-10-17)19-7-3-4-8-20(19)27/h3-4,7-12,16,22H,2,5-6,13-15H2,1H3,(H,30,34)(H,28,29,31)/t22-/m1/s1. The first-order valence-corrected chi connectivity index (χ1v) is 13.3. The van der Waals surface area contributed by atoms with E-state index in [1.54, 1.807) is 23.1 Å². The van der Waals surface area contributed by atoms with E-state index in [1.807, 2.05) is 37.3 Å². The van der Waals surface area contributed by atoms with E-state index in [9.17, 15) is 9.59 Å². The maximum Gasteiger partial charge on any atom is 0.246 e. The smallest absolute Gasteiger partial charge is 0.246 e. The van der Waals surface area contributed by atoms with Crippen LogP contribution in [0.2, 0.25) is 10.0 Å². The van der Waals surface area contributed by atoms with Crippen LogP contribution in [0.1, 0.15) is 49.8 Å². The molecule has 4 rings (SSSR count). The first kappa shape index (κ1) is 25.5. The second-order valence-electron chi connectivity index (χ2n) is 8.44. The maximum absolute atomic E-state index is 14.0. The van der Waals surface area contributed by atoms with Gasteiger partial charge in [0.05, 0.1) is 11.8 Å². The number of benzene rings is 2. The third-order valence-corrected chi connectivity index (χ3v) is 7.87. The van der Waals surface area contributed by atoms with Crippen molar-refractivity contribution in [3.63, 3.8) is 0 Å². The summed E-state index contributed by atoms with van der Waals surface area (Å²) in [6.07, 6.45) is 4.39. The zero-order valence-corrected chi connectivity index (χ0v) is 21.7. The highest BCUT2D eigenvalue weighted by Crippen LogP contribution is 2.38. The lowest BCUT2D eigenvalue weighted by atomic mass is 9.91. The molecule has 1 atom stereocenters. The van der Waals surface area contributed by atoms with Gasteiger partial charge in [0.2, 0.25) is 11.8 Å². The number of likely N-dealkylation sites (N-methyl/N-ethyl adjacent to an activating group) is 1. The fourth-order valence-corrected chi connectivity index (χ4v) is 5.77. The zero-order chi connectivity index (χ0) is 24.8. The van der Waals surface area contributed by atoms with Gasteiger partial charge in [-0.15, -0.1) is 0 Å². The molecule has 2 aromatic carbocycles. The quantitative estimate of drug-likeness (QED) is 0.367. The average molecular weight is 532 g/mol. The number of rotatable bonds is 9. The Morgan fingerprint density at radius 1 is 1.14 bits per heavy atom. The summed E-state index contributed by atoms with van der Waals surface area (Å²) in [6.45, 7) is 2.34. The van der Waals surface area contributed by atoms with Gasteiger partial charge in [0.1, 0.15) is 11.9 Å². The van der Waals surface area contributed by atoms with Gasteiger partial charge in [-0.25, -0.2) is 4.98 Å². The van der Waals surface area contributed by atoms with Gasteiger partial charge in [0.15, 0.2) is 5.16 Å². The van der Waals surface area contributed by atoms with Crippen molar-refractivity contribution in [3.05, 3.63) is 76.0 Å². The molecule has 1 aliphatic rings. The van der Waals surface area contributed by atoms with E-state index in [1.165, 1.54) is 18.1 Å². The molecule has 0 unspecified atom stereocenters. The lowest BCUT2D eigenvalue weighted by Crippen LogP contribution is -2.60. The van der Waals surface area contributed by atoms with Crippen LogP contribution in [0.25, 0.3) is 0 Å². The van der Waals surface area contributed by atoms with Crippen molar-refractivity contribution in [3.8, 4) is 0 Å². The Labute approximate surface area is 219 Å². The van der Waals surface area contributed by atoms with Crippen LogP contribution in [0, 0.1) is 0 Å². The Hall–Kier alpha value is -2.55. The summed E-state index contributed by atoms with van der Waals surface area (Å²) in [5.41, 5.74) is 0.729. The molecular formula is C25H27Cl2N5O2S. The number of thioether (sulfide) groups is 1. The normalized spacial score (nSPS) is 15.5. The van der Waals surface area contributed by atoms with Gasteiger partial charge in [-0.3, -0.25) is 14.7 Å². The Morgan fingerprint density at radius 3 is 2.49 bits per heavy atom. The molecule has 3 aromatic rings. The summed E-state index contributed by atoms with van der Waals surface area (Å²) >= 11 is 13.9. The molecule has 1 aliphatic carbocycles. The summed E-state index contributed by atoms with van der Waals surface area (Å²) in [5, 5.41) is 11.5. The van der Waals surface area contributed by atoms with E-state index >= 15 is 0 Å². The Morgan fingerprint density at radius 2 is 1.86 bits per heavy atom. The fourth-order valence-electron chi connectivity index (χ4n) is 4.74. The first-order chi connectivity index (χ1) is 16.9. The number of hydrogen-bond donors (Lipinski definition) is 2. The Kier molecular flexibility index (Phi) is 8.36. The molecule has 7 nitrogen and oxygen atoms in total. The van der Waals surface area contributed by atoms with Gasteiger partial charge in [0.25, 0.3) is 0 Å². The van der Waals surface area contributed by atoms with E-state index in [4.69, 9.17) is 23.2 Å². The number of halogens is 2. The fraction of sp³-hybridized carbons (Fsp3) is 0.360. The highest BCUT2D eigenvalue weighted by Gasteiger charge is 2.48. The summed E-state index contributed by atoms with van der Waals surface area (Å²) in [5.74, 6) is -0.107. The van der Waals surface area contributed by atoms with Crippen LogP contribution >= 0.6 is 35.0 Å². The van der Waals surface area contributed by atoms with Crippen molar-refractivity contribution in [1.82, 2.24) is 25.4 Å². The van der Waals surface area contributed by atoms with E-state index < -0.39 is 11.6 Å². The Bertz CT molecular complexity index is 1150. The zero-order valence-electron chi connectivity index (χ0n) is 19.3. The molecular weight excluding hydrogens is 505 g/mol. The van der Waals surface area contributed by atoms with Crippen molar-refractivity contribution < 1.29 is 9.59 Å². The van der Waals surface area contributed by atoms with Crippen molar-refractivity contribution >= 4 is 46.8 Å². The molecule has 1 heterocycles. The molecule has 10 heteroatoms. The molecule has 1 aromatic heterocycles. The molecule has 0 bridgehead atoms. The summed E-state index contributed by atoms with van der Waals surface area (Å²) in [4.78, 5) is 33.1. The highest BCUT2D eigenvalue weighted by molar-refractivity contribution is 7.99. The predicted molar refractivity (Wildman–Crippen MR) is 139 cm³/mol. The summed E-state index contributed by atoms with van der Waals surface area (Å²) < 4.78 is 0. The minimum atomic E-state index is -0.917. The monoisotopic (exact) mass is 531 g/mol. The molecule has 184 valence electrons. The maximum atomic E-state index is 14.0. The number of amides is 2. The number of nitrogens with one attached hydrogen (secondary N) is 2. The number of carbonyl (C=O) groups is 2. The second-order valence-corrected chi connectivity index (χ2v) is 10.2. The number of H-pyrrole nitrogens is 1. The molecule has 0 aliphatic heterocycles. The molecule has 35 heavy (non-hydrogen) atoms. The Balaban J connectivity index is 1.62. The van der Waals surface area contributed by atoms with E-state index in [0.29, 0.717) is 34.6 Å². The molecule has 2 N–H and O–H groups in total. The van der Waals surface area contributed by atoms with Crippen molar-refractivity contribution in [2.45, 2.75) is 49.3 Å². The third kappa shape index (κ3) is 5.66. The number of carbonyl (C=O) groups excluding carboxylic acids is 2. The minimum absolute atomic E-state index is 0.105. The van der Waals surface area contributed by atoms with Crippen LogP contribution in [0.15, 0.2) is 60.0 Å². The number of hydrogen-bond acceptors (Lipinski definition) is 5. The van der Waals surface area contributed by atoms with Crippen LogP contribution in [-0.4, -0.2) is 49.7 Å². The highest BCUT2D eigenvalue weighted by atomic mass is 35.5. The molecule has 2 amide bonds. The first-order valence-electron chi connectivity index (χ1n) is 11.5. The minimum Gasteiger partial charge on any atom is -0.343 e. The summed E-state index contributed by atoms with van der Waals surface area (Å²) in [6, 6.07) is 14.3. The van der Waals surface area contributed by atoms with Crippen LogP contribution < -0.4 is 5.32 Å². The predicted octanol–water partition coefficient (Wildman–Crippen LogP) is 5.27. The molecule has 0 spiro atoms. The number of nitrogens with zero attached hydrogens (tertiary/aromatic N) is 3. The molecule has 1 saturated carbocycles. The van der Waals surface area contributed by atoms with Gasteiger partial charge in [-0.05, 0) is 49.1 Å². The van der Waals surface area contributed by atoms with E-state index in [-0.39, 0.29) is 17.6 Å². The van der Waals surface area contributed by atoms with E-state index in [0.717, 1.165) is 24.0 Å². The second kappa shape index (κ2) is 11.5. The number of aromatic amines is 1. The lowest BCUT2D eigenvalue weighted by molar-refractivity contribution is -0.146. The largest absolute Gasteiger partial charge is 0.343 e. The lowest BCUT2D eigenvalue weighted by Gasteiger charge is -2.40. The van der Waals surface area contributed by atoms with Gasteiger partial charge < -0.3 is 10.2 Å². The SMILES string of the molecule is CCN(C(=O)CSc1ncn[nH]1)C1(C(=O)N[C@H](c2ccc(Cl)cc2)c2ccccc2Cl)CCCC1. The van der Waals surface area contributed by atoms with Gasteiger partial charge in [0, 0.05) is 16.6 Å². The van der Waals surface area contributed by atoms with Gasteiger partial charge >= 0.3 is 0 Å². The van der Waals surface area contributed by atoms with Crippen LogP contribution in [0.4, 0.5) is 0 Å². The van der Waals surface area contributed by atoms with Crippen LogP contribution in [0.5, 0.6) is 0 Å². The number of aromatic nitrogens is 3. The van der Waals surface area contributed by atoms with Crippen LogP contribution in [0.3, 0.4) is 0 Å². The average Bonchev–Trinajstić information content (AvgIpc) is 3.56. The summed E-state index contributed by atoms with van der Waals surface area (Å²) in [7, 11) is 0. The van der Waals surface area contributed by atoms with Gasteiger partial charge in [-0.2, -0.15) is 5.10 Å². The van der Waals surface area contributed by atoms with Crippen molar-refractivity contribution in [1.29, 1.82) is 0 Å². The molecule has 0 radical (unpaired) electrons. The molecule has 0 saturated heterocycles. The van der Waals surface area contributed by atoms with Crippen molar-refractivity contribution in [2.24, 2.45) is 0 Å². The van der Waals surface area contributed by atoms with Crippen molar-refractivity contribution in [2.75, 3.05) is 12.3 Å². The third-order valence-electron chi connectivity index (χ3n) is 6.41. The van der Waals surface area contributed by atoms with E-state index in [2.05, 4.69) is 20.5 Å². The van der Waals surface area contributed by atoms with Crippen LogP contribution in [-0.2, 0) is 9.59 Å². The van der Waals surface area contributed by atoms with Gasteiger partial charge in [-0.1, -0.05) is 78.1 Å². The molecule has 1 fully saturated rings.